The summed E-state index contributed by atoms with van der Waals surface area (Å²) in [6, 6.07) is 21.2. The Morgan fingerprint density at radius 2 is 1.09 bits per heavy atom. The van der Waals surface area contributed by atoms with Crippen LogP contribution in [0.2, 0.25) is 0 Å². The summed E-state index contributed by atoms with van der Waals surface area (Å²) in [5.74, 6) is 1.78. The number of rotatable bonds is 9. The van der Waals surface area contributed by atoms with Gasteiger partial charge in [-0.1, -0.05) is 75.9 Å². The number of nitrogens with two attached hydrogens (primary N) is 1. The number of nitrogens with zero attached hydrogens (tertiary/aromatic N) is 10. The second-order valence-corrected chi connectivity index (χ2v) is 17.5. The Morgan fingerprint density at radius 1 is 0.638 bits per heavy atom. The quantitative estimate of drug-likeness (QED) is 0.124. The maximum absolute atomic E-state index is 13.1. The third-order valence-electron chi connectivity index (χ3n) is 13.3. The van der Waals surface area contributed by atoms with Crippen molar-refractivity contribution in [1.29, 1.82) is 0 Å². The molecule has 356 valence electrons. The standard InChI is InChI=1S/C26H28N6O2.C19H24N6O.C7H6O2/c1-3-21-26(34)31(2)22-16-28-23(30-24(22)32(21)18-11-7-8-12-18)19-13-14-27-15-20(19)29-25(33)17-9-5-4-6-10-17;1-3-15-19(26)24(2)16-11-22-17(13-8-9-21-10-14(13)20)23-18(16)25(15)12-6-4-5-7-12;8-7(9)6-4-2-1-3-5-6/h4-6,9-10,13-16,18,21H,3,7-8,11-12H2,1-2H3,(H,29,33);8-12,15H,3-7,20H2,1-2H3;1-5H,(H,8,9)/t21-;15-;/m11./s1. The van der Waals surface area contributed by atoms with Crippen LogP contribution in [0.3, 0.4) is 0 Å². The molecular formula is C52H58N12O5. The zero-order valence-corrected chi connectivity index (χ0v) is 39.4. The number of anilines is 6. The third kappa shape index (κ3) is 10.1. The minimum atomic E-state index is -0.879. The van der Waals surface area contributed by atoms with Crippen molar-refractivity contribution in [2.45, 2.75) is 102 Å². The number of carboxylic acid groups (broad SMARTS) is 1. The lowest BCUT2D eigenvalue weighted by Crippen LogP contribution is -2.55. The number of hydrogen-bond donors (Lipinski definition) is 3. The molecule has 10 rings (SSSR count). The molecule has 6 heterocycles. The lowest BCUT2D eigenvalue weighted by atomic mass is 10.0. The molecule has 17 heteroatoms. The van der Waals surface area contributed by atoms with Gasteiger partial charge >= 0.3 is 5.97 Å². The molecule has 17 nitrogen and oxygen atoms in total. The normalized spacial score (nSPS) is 17.9. The number of likely N-dealkylation sites (N-methyl/N-ethyl adjacent to an activating group) is 2. The third-order valence-corrected chi connectivity index (χ3v) is 13.3. The molecule has 4 aromatic heterocycles. The van der Waals surface area contributed by atoms with E-state index in [9.17, 15) is 19.2 Å². The number of pyridine rings is 2. The molecule has 69 heavy (non-hydrogen) atoms. The minimum Gasteiger partial charge on any atom is -0.478 e. The van der Waals surface area contributed by atoms with Gasteiger partial charge in [-0.05, 0) is 74.9 Å². The number of carbonyl (C=O) groups excluding carboxylic acids is 3. The van der Waals surface area contributed by atoms with Gasteiger partial charge in [-0.2, -0.15) is 0 Å². The van der Waals surface area contributed by atoms with Gasteiger partial charge in [0.25, 0.3) is 5.91 Å². The van der Waals surface area contributed by atoms with Crippen LogP contribution in [0.25, 0.3) is 22.8 Å². The van der Waals surface area contributed by atoms with E-state index in [1.54, 1.807) is 110 Å². The smallest absolute Gasteiger partial charge is 0.335 e. The van der Waals surface area contributed by atoms with Gasteiger partial charge in [0.2, 0.25) is 11.8 Å². The number of carboxylic acids is 1. The Bertz CT molecular complexity index is 2780. The van der Waals surface area contributed by atoms with Crippen molar-refractivity contribution in [1.82, 2.24) is 29.9 Å². The molecule has 0 bridgehead atoms. The van der Waals surface area contributed by atoms with Gasteiger partial charge in [-0.25, -0.2) is 24.7 Å². The minimum absolute atomic E-state index is 0.0815. The summed E-state index contributed by atoms with van der Waals surface area (Å²) in [6.07, 6.45) is 20.5. The maximum atomic E-state index is 13.1. The molecule has 6 aromatic rings. The summed E-state index contributed by atoms with van der Waals surface area (Å²) in [6.45, 7) is 4.11. The van der Waals surface area contributed by atoms with Crippen LogP contribution in [-0.2, 0) is 9.59 Å². The van der Waals surface area contributed by atoms with E-state index in [1.807, 2.05) is 31.2 Å². The molecule has 4 aliphatic rings. The zero-order valence-electron chi connectivity index (χ0n) is 39.4. The van der Waals surface area contributed by atoms with Crippen molar-refractivity contribution >= 4 is 58.1 Å². The number of nitrogen functional groups attached to an aromatic ring is 1. The molecule has 2 atom stereocenters. The average molecular weight is 931 g/mol. The predicted molar refractivity (Wildman–Crippen MR) is 267 cm³/mol. The van der Waals surface area contributed by atoms with Gasteiger partial charge in [-0.3, -0.25) is 24.4 Å². The second-order valence-electron chi connectivity index (χ2n) is 17.5. The Hall–Kier alpha value is -7.82. The van der Waals surface area contributed by atoms with Crippen molar-refractivity contribution in [2.75, 3.05) is 44.7 Å². The number of hydrogen-bond acceptors (Lipinski definition) is 13. The molecule has 2 saturated carbocycles. The van der Waals surface area contributed by atoms with Gasteiger partial charge in [0.05, 0.1) is 41.7 Å². The molecule has 0 spiro atoms. The first-order valence-electron chi connectivity index (χ1n) is 23.6. The monoisotopic (exact) mass is 930 g/mol. The lowest BCUT2D eigenvalue weighted by Gasteiger charge is -2.43. The molecular weight excluding hydrogens is 873 g/mol. The fourth-order valence-corrected chi connectivity index (χ4v) is 9.69. The van der Waals surface area contributed by atoms with Crippen molar-refractivity contribution < 1.29 is 24.3 Å². The van der Waals surface area contributed by atoms with E-state index in [1.165, 1.54) is 12.8 Å². The van der Waals surface area contributed by atoms with Crippen molar-refractivity contribution in [3.8, 4) is 22.8 Å². The molecule has 2 aromatic carbocycles. The Kier molecular flexibility index (Phi) is 14.8. The van der Waals surface area contributed by atoms with Gasteiger partial charge < -0.3 is 35.8 Å². The largest absolute Gasteiger partial charge is 0.478 e. The molecule has 3 amide bonds. The van der Waals surface area contributed by atoms with Crippen LogP contribution in [0.1, 0.15) is 98.8 Å². The van der Waals surface area contributed by atoms with Crippen LogP contribution in [-0.4, -0.2) is 97.0 Å². The van der Waals surface area contributed by atoms with E-state index in [2.05, 4.69) is 42.0 Å². The van der Waals surface area contributed by atoms with Crippen LogP contribution in [0, 0.1) is 0 Å². The van der Waals surface area contributed by atoms with Crippen LogP contribution in [0.4, 0.5) is 34.4 Å². The molecule has 2 fully saturated rings. The van der Waals surface area contributed by atoms with E-state index in [0.717, 1.165) is 67.8 Å². The fraction of sp³-hybridized carbons (Fsp3) is 0.346. The topological polar surface area (TPSA) is 217 Å². The van der Waals surface area contributed by atoms with E-state index >= 15 is 0 Å². The van der Waals surface area contributed by atoms with E-state index < -0.39 is 5.97 Å². The number of nitrogens with one attached hydrogen (secondary N) is 1. The summed E-state index contributed by atoms with van der Waals surface area (Å²) in [4.78, 5) is 84.0. The number of carbonyl (C=O) groups is 4. The first-order valence-corrected chi connectivity index (χ1v) is 23.6. The van der Waals surface area contributed by atoms with E-state index in [-0.39, 0.29) is 29.8 Å². The molecule has 0 saturated heterocycles. The second kappa shape index (κ2) is 21.4. The van der Waals surface area contributed by atoms with E-state index in [0.29, 0.717) is 63.9 Å². The van der Waals surface area contributed by atoms with Gasteiger partial charge in [-0.15, -0.1) is 0 Å². The summed E-state index contributed by atoms with van der Waals surface area (Å²) < 4.78 is 0. The van der Waals surface area contributed by atoms with Gasteiger partial charge in [0.15, 0.2) is 23.3 Å². The van der Waals surface area contributed by atoms with Crippen molar-refractivity contribution in [3.05, 3.63) is 121 Å². The van der Waals surface area contributed by atoms with Crippen LogP contribution in [0.5, 0.6) is 0 Å². The predicted octanol–water partition coefficient (Wildman–Crippen LogP) is 8.30. The number of benzene rings is 2. The van der Waals surface area contributed by atoms with Crippen LogP contribution >= 0.6 is 0 Å². The first-order chi connectivity index (χ1) is 33.5. The Morgan fingerprint density at radius 3 is 1.54 bits per heavy atom. The summed E-state index contributed by atoms with van der Waals surface area (Å²) in [5.41, 5.74) is 11.0. The van der Waals surface area contributed by atoms with E-state index in [4.69, 9.17) is 20.8 Å². The highest BCUT2D eigenvalue weighted by Gasteiger charge is 2.43. The van der Waals surface area contributed by atoms with Crippen molar-refractivity contribution in [3.63, 3.8) is 0 Å². The fourth-order valence-electron chi connectivity index (χ4n) is 9.69. The molecule has 0 radical (unpaired) electrons. The summed E-state index contributed by atoms with van der Waals surface area (Å²) >= 11 is 0. The van der Waals surface area contributed by atoms with Gasteiger partial charge in [0.1, 0.15) is 23.5 Å². The number of aromatic carboxylic acids is 1. The summed E-state index contributed by atoms with van der Waals surface area (Å²) in [7, 11) is 3.59. The van der Waals surface area contributed by atoms with Crippen LogP contribution < -0.4 is 30.7 Å². The summed E-state index contributed by atoms with van der Waals surface area (Å²) in [5, 5.41) is 11.3. The molecule has 4 N–H and O–H groups in total. The Labute approximate surface area is 401 Å². The number of amides is 3. The highest BCUT2D eigenvalue weighted by atomic mass is 16.4. The van der Waals surface area contributed by atoms with Gasteiger partial charge in [0, 0.05) is 55.3 Å². The first kappa shape index (κ1) is 47.7. The Balaban J connectivity index is 0.000000161. The average Bonchev–Trinajstić information content (AvgIpc) is 4.13. The lowest BCUT2D eigenvalue weighted by molar-refractivity contribution is -0.120. The number of fused-ring (bicyclic) bond motifs is 2. The zero-order chi connectivity index (χ0) is 48.6. The number of aromatic nitrogens is 6. The highest BCUT2D eigenvalue weighted by Crippen LogP contribution is 2.42. The molecule has 0 unspecified atom stereocenters. The molecule has 2 aliphatic carbocycles. The molecule has 2 aliphatic heterocycles. The van der Waals surface area contributed by atoms with Crippen LogP contribution in [0.15, 0.2) is 110 Å². The van der Waals surface area contributed by atoms with Crippen molar-refractivity contribution in [2.24, 2.45) is 0 Å². The highest BCUT2D eigenvalue weighted by molar-refractivity contribution is 6.07. The SMILES string of the molecule is CC[C@@H]1C(=O)N(C)c2cnc(-c3ccncc3N)nc2N1C1CCCC1.CC[C@@H]1C(=O)N(C)c2cnc(-c3ccncc3NC(=O)c3ccccc3)nc2N1C1CCCC1.O=C(O)c1ccccc1. The maximum Gasteiger partial charge on any atom is 0.335 e.